The summed E-state index contributed by atoms with van der Waals surface area (Å²) >= 11 is 0. The second-order valence-electron chi connectivity index (χ2n) is 14.4. The highest BCUT2D eigenvalue weighted by molar-refractivity contribution is 6.06. The number of carbonyl (C=O) groups is 1. The maximum absolute atomic E-state index is 17.3. The SMILES string of the molecule is C#Cc1c(F)ccc2cc(O)cc(-c3c(F)c(OC)c4c(N5CCn6nc(C(=O)NC(C)C)cc6C5)nc(OC[C@@]56CCCN5C[C@H](F)C6)nc4c3F)c12. The summed E-state index contributed by atoms with van der Waals surface area (Å²) in [7, 11) is 1.22. The van der Waals surface area contributed by atoms with E-state index in [0.717, 1.165) is 25.1 Å². The number of carbonyl (C=O) groups excluding carboxylic acids is 1. The fourth-order valence-corrected chi connectivity index (χ4v) is 8.26. The number of nitrogens with zero attached hydrogens (tertiary/aromatic N) is 6. The largest absolute Gasteiger partial charge is 0.508 e. The lowest BCUT2D eigenvalue weighted by molar-refractivity contribution is 0.0937. The third-order valence-corrected chi connectivity index (χ3v) is 10.6. The zero-order valence-electron chi connectivity index (χ0n) is 29.8. The van der Waals surface area contributed by atoms with Gasteiger partial charge in [-0.1, -0.05) is 12.0 Å². The number of phenols is 1. The first kappa shape index (κ1) is 35.4. The minimum atomic E-state index is -1.16. The molecule has 54 heavy (non-hydrogen) atoms. The molecule has 3 aliphatic rings. The number of rotatable bonds is 8. The molecule has 2 atom stereocenters. The van der Waals surface area contributed by atoms with Crippen molar-refractivity contribution in [2.45, 2.75) is 64.0 Å². The number of methoxy groups -OCH3 is 1. The van der Waals surface area contributed by atoms with Crippen molar-refractivity contribution >= 4 is 33.4 Å². The van der Waals surface area contributed by atoms with E-state index in [4.69, 9.17) is 20.9 Å². The van der Waals surface area contributed by atoms with Crippen molar-refractivity contribution < 1.29 is 36.9 Å². The lowest BCUT2D eigenvalue weighted by Gasteiger charge is -2.32. The van der Waals surface area contributed by atoms with Gasteiger partial charge in [0, 0.05) is 36.5 Å². The average Bonchev–Trinajstić information content (AvgIpc) is 3.82. The summed E-state index contributed by atoms with van der Waals surface area (Å²) in [5, 5.41) is 18.1. The maximum atomic E-state index is 17.3. The molecular weight excluding hydrogens is 706 g/mol. The number of anilines is 1. The van der Waals surface area contributed by atoms with Crippen LogP contribution in [0.2, 0.25) is 0 Å². The van der Waals surface area contributed by atoms with Crippen LogP contribution in [0.15, 0.2) is 30.3 Å². The van der Waals surface area contributed by atoms with Crippen molar-refractivity contribution in [1.29, 1.82) is 0 Å². The van der Waals surface area contributed by atoms with E-state index in [9.17, 15) is 14.3 Å². The van der Waals surface area contributed by atoms with E-state index in [2.05, 4.69) is 26.2 Å². The molecular formula is C39H37F4N7O4. The van der Waals surface area contributed by atoms with Crippen molar-refractivity contribution in [2.75, 3.05) is 38.3 Å². The lowest BCUT2D eigenvalue weighted by Crippen LogP contribution is -2.43. The summed E-state index contributed by atoms with van der Waals surface area (Å²) < 4.78 is 77.5. The van der Waals surface area contributed by atoms with Gasteiger partial charge in [-0.05, 0) is 62.9 Å². The zero-order valence-corrected chi connectivity index (χ0v) is 29.8. The van der Waals surface area contributed by atoms with E-state index >= 15 is 13.2 Å². The molecule has 0 aliphatic carbocycles. The number of hydrogen-bond donors (Lipinski definition) is 2. The first-order valence-electron chi connectivity index (χ1n) is 17.7. The number of fused-ring (bicyclic) bond motifs is 4. The lowest BCUT2D eigenvalue weighted by atomic mass is 9.92. The van der Waals surface area contributed by atoms with Crippen LogP contribution in [0.5, 0.6) is 17.5 Å². The Labute approximate surface area is 307 Å². The minimum Gasteiger partial charge on any atom is -0.508 e. The van der Waals surface area contributed by atoms with E-state index in [0.29, 0.717) is 25.2 Å². The van der Waals surface area contributed by atoms with Crippen LogP contribution >= 0.6 is 0 Å². The number of terminal acetylenes is 1. The van der Waals surface area contributed by atoms with Crippen molar-refractivity contribution in [3.05, 3.63) is 64.7 Å². The van der Waals surface area contributed by atoms with Crippen LogP contribution < -0.4 is 19.7 Å². The molecule has 3 aromatic carbocycles. The molecule has 2 aromatic heterocycles. The Morgan fingerprint density at radius 2 is 1.94 bits per heavy atom. The van der Waals surface area contributed by atoms with Crippen LogP contribution in [0, 0.1) is 29.8 Å². The number of benzene rings is 3. The molecule has 0 spiro atoms. The van der Waals surface area contributed by atoms with Gasteiger partial charge in [0.25, 0.3) is 5.91 Å². The first-order valence-corrected chi connectivity index (χ1v) is 17.7. The highest BCUT2D eigenvalue weighted by Crippen LogP contribution is 2.47. The molecule has 11 nitrogen and oxygen atoms in total. The molecule has 0 unspecified atom stereocenters. The van der Waals surface area contributed by atoms with E-state index in [1.807, 2.05) is 13.8 Å². The highest BCUT2D eigenvalue weighted by Gasteiger charge is 2.49. The van der Waals surface area contributed by atoms with Crippen LogP contribution in [0.25, 0.3) is 32.8 Å². The van der Waals surface area contributed by atoms with Crippen molar-refractivity contribution in [3.8, 4) is 41.0 Å². The second-order valence-corrected chi connectivity index (χ2v) is 14.4. The summed E-state index contributed by atoms with van der Waals surface area (Å²) in [6, 6.07) is 6.20. The fourth-order valence-electron chi connectivity index (χ4n) is 8.26. The van der Waals surface area contributed by atoms with Crippen LogP contribution in [-0.4, -0.2) is 86.8 Å². The number of hydrogen-bond acceptors (Lipinski definition) is 9. The van der Waals surface area contributed by atoms with Crippen molar-refractivity contribution in [3.63, 3.8) is 0 Å². The maximum Gasteiger partial charge on any atom is 0.319 e. The second kappa shape index (κ2) is 13.3. The van der Waals surface area contributed by atoms with Crippen LogP contribution in [0.4, 0.5) is 23.4 Å². The van der Waals surface area contributed by atoms with Crippen molar-refractivity contribution in [1.82, 2.24) is 30.0 Å². The van der Waals surface area contributed by atoms with E-state index in [1.54, 1.807) is 15.6 Å². The molecule has 5 heterocycles. The summed E-state index contributed by atoms with van der Waals surface area (Å²) in [5.41, 5.74) is -1.20. The van der Waals surface area contributed by atoms with Gasteiger partial charge >= 0.3 is 6.01 Å². The number of halogens is 4. The Morgan fingerprint density at radius 3 is 2.70 bits per heavy atom. The summed E-state index contributed by atoms with van der Waals surface area (Å²) in [5.74, 6) is -1.83. The molecule has 0 bridgehead atoms. The molecule has 1 amide bonds. The fraction of sp³-hybridized carbons (Fsp3) is 0.385. The molecule has 2 fully saturated rings. The Morgan fingerprint density at radius 1 is 1.13 bits per heavy atom. The highest BCUT2D eigenvalue weighted by atomic mass is 19.1. The van der Waals surface area contributed by atoms with Gasteiger partial charge in [-0.15, -0.1) is 6.42 Å². The van der Waals surface area contributed by atoms with Crippen LogP contribution in [-0.2, 0) is 13.1 Å². The molecule has 15 heteroatoms. The predicted molar refractivity (Wildman–Crippen MR) is 193 cm³/mol. The number of phenolic OH excluding ortho intramolecular Hbond substituents is 1. The normalized spacial score (nSPS) is 19.7. The Balaban J connectivity index is 1.31. The van der Waals surface area contributed by atoms with E-state index in [-0.39, 0.29) is 94.1 Å². The van der Waals surface area contributed by atoms with Gasteiger partial charge in [-0.3, -0.25) is 14.4 Å². The summed E-state index contributed by atoms with van der Waals surface area (Å²) in [4.78, 5) is 25.8. The molecule has 0 radical (unpaired) electrons. The van der Waals surface area contributed by atoms with Gasteiger partial charge in [0.05, 0.1) is 47.9 Å². The quantitative estimate of drug-likeness (QED) is 0.149. The van der Waals surface area contributed by atoms with Gasteiger partial charge in [0.1, 0.15) is 35.7 Å². The Kier molecular flexibility index (Phi) is 8.75. The molecule has 280 valence electrons. The van der Waals surface area contributed by atoms with Gasteiger partial charge in [-0.2, -0.15) is 15.1 Å². The molecule has 5 aromatic rings. The standard InChI is InChI=1S/C39H37F4N7O4/c1-5-25-27(41)8-7-21-13-24(51)15-26(29(21)25)30-32(42)34-31(35(53-4)33(30)43)36(46-38(45-34)54-19-39-9-6-10-49(39)17-22(40)16-39)48-11-12-50-23(18-48)14-28(47-50)37(52)44-20(2)3/h1,7-8,13-15,20,22,51H,6,9-12,16-19H2,2-4H3,(H,44,52)/t22-,39+/m1/s1. The summed E-state index contributed by atoms with van der Waals surface area (Å²) in [6.45, 7) is 5.45. The number of aromatic nitrogens is 4. The smallest absolute Gasteiger partial charge is 0.319 e. The number of nitrogens with one attached hydrogen (secondary N) is 1. The predicted octanol–water partition coefficient (Wildman–Crippen LogP) is 5.87. The number of aromatic hydroxyl groups is 1. The number of amides is 1. The third-order valence-electron chi connectivity index (χ3n) is 10.6. The first-order chi connectivity index (χ1) is 25.9. The summed E-state index contributed by atoms with van der Waals surface area (Å²) in [6.07, 6.45) is 6.51. The van der Waals surface area contributed by atoms with Gasteiger partial charge < -0.3 is 24.8 Å². The van der Waals surface area contributed by atoms with Gasteiger partial charge in [0.15, 0.2) is 23.1 Å². The average molecular weight is 744 g/mol. The van der Waals surface area contributed by atoms with E-state index < -0.39 is 40.5 Å². The van der Waals surface area contributed by atoms with Gasteiger partial charge in [0.2, 0.25) is 0 Å². The molecule has 2 saturated heterocycles. The number of alkyl halides is 1. The minimum absolute atomic E-state index is 0.00397. The third kappa shape index (κ3) is 5.80. The van der Waals surface area contributed by atoms with Crippen LogP contribution in [0.3, 0.4) is 0 Å². The zero-order chi connectivity index (χ0) is 38.1. The van der Waals surface area contributed by atoms with Crippen LogP contribution in [0.1, 0.15) is 54.9 Å². The monoisotopic (exact) mass is 743 g/mol. The Hall–Kier alpha value is -5.62. The Bertz CT molecular complexity index is 2400. The van der Waals surface area contributed by atoms with Gasteiger partial charge in [-0.25, -0.2) is 17.6 Å². The molecule has 0 saturated carbocycles. The topological polar surface area (TPSA) is 118 Å². The molecule has 8 rings (SSSR count). The number of ether oxygens (including phenoxy) is 2. The van der Waals surface area contributed by atoms with Crippen molar-refractivity contribution in [2.24, 2.45) is 0 Å². The molecule has 3 aliphatic heterocycles. The van der Waals surface area contributed by atoms with E-state index in [1.165, 1.54) is 19.2 Å². The molecule has 2 N–H and O–H groups in total.